The smallest absolute Gasteiger partial charge is 0.225 e. The van der Waals surface area contributed by atoms with Gasteiger partial charge in [0.1, 0.15) is 5.69 Å². The van der Waals surface area contributed by atoms with Crippen LogP contribution in [0.5, 0.6) is 0 Å². The van der Waals surface area contributed by atoms with Gasteiger partial charge in [0, 0.05) is 42.1 Å². The number of anilines is 1. The molecule has 3 aliphatic rings. The predicted octanol–water partition coefficient (Wildman–Crippen LogP) is 5.90. The van der Waals surface area contributed by atoms with Gasteiger partial charge in [-0.2, -0.15) is 0 Å². The molecule has 0 spiro atoms. The highest BCUT2D eigenvalue weighted by Crippen LogP contribution is 2.40. The molecule has 0 bridgehead atoms. The number of aromatic nitrogens is 2. The van der Waals surface area contributed by atoms with Crippen molar-refractivity contribution in [3.8, 4) is 22.4 Å². The van der Waals surface area contributed by atoms with Gasteiger partial charge < -0.3 is 16.0 Å². The van der Waals surface area contributed by atoms with Crippen LogP contribution in [0.4, 0.5) is 5.82 Å². The third-order valence-electron chi connectivity index (χ3n) is 9.24. The van der Waals surface area contributed by atoms with Crippen LogP contribution >= 0.6 is 0 Å². The molecule has 208 valence electrons. The van der Waals surface area contributed by atoms with Crippen LogP contribution in [0.3, 0.4) is 0 Å². The molecule has 1 heterocycles. The molecule has 0 unspecified atom stereocenters. The first-order chi connectivity index (χ1) is 19.4. The summed E-state index contributed by atoms with van der Waals surface area (Å²) in [5, 5.41) is 12.0. The van der Waals surface area contributed by atoms with Gasteiger partial charge in [-0.15, -0.1) is 10.2 Å². The molecule has 1 aromatic heterocycles. The number of nitrogens with zero attached hydrogens (tertiary/aromatic N) is 3. The fourth-order valence-corrected chi connectivity index (χ4v) is 6.30. The fraction of sp³-hybridized carbons (Fsp3) is 0.455. The number of carbonyl (C=O) groups excluding carboxylic acids is 2. The Balaban J connectivity index is 1.13. The van der Waals surface area contributed by atoms with E-state index in [1.165, 1.54) is 6.42 Å². The number of hydrogen-bond donors (Lipinski definition) is 2. The molecular formula is C33H39N5O2. The maximum absolute atomic E-state index is 13.0. The molecule has 7 heteroatoms. The molecule has 3 fully saturated rings. The van der Waals surface area contributed by atoms with Crippen LogP contribution in [0.15, 0.2) is 60.7 Å². The fourth-order valence-electron chi connectivity index (χ4n) is 6.30. The summed E-state index contributed by atoms with van der Waals surface area (Å²) >= 11 is 0. The zero-order chi connectivity index (χ0) is 27.7. The van der Waals surface area contributed by atoms with E-state index in [0.29, 0.717) is 30.1 Å². The van der Waals surface area contributed by atoms with Gasteiger partial charge in [-0.3, -0.25) is 9.59 Å². The van der Waals surface area contributed by atoms with Gasteiger partial charge in [0.2, 0.25) is 11.8 Å². The Morgan fingerprint density at radius 3 is 2.25 bits per heavy atom. The van der Waals surface area contributed by atoms with Gasteiger partial charge in [0.25, 0.3) is 0 Å². The molecule has 0 radical (unpaired) electrons. The molecule has 0 saturated heterocycles. The second-order valence-corrected chi connectivity index (χ2v) is 12.1. The van der Waals surface area contributed by atoms with E-state index >= 15 is 0 Å². The third kappa shape index (κ3) is 5.66. The van der Waals surface area contributed by atoms with E-state index < -0.39 is 0 Å². The molecule has 0 aliphatic heterocycles. The first-order valence-corrected chi connectivity index (χ1v) is 14.8. The number of nitrogens with two attached hydrogens (primary N) is 1. The van der Waals surface area contributed by atoms with E-state index in [1.807, 2.05) is 48.3 Å². The van der Waals surface area contributed by atoms with Crippen LogP contribution in [-0.2, 0) is 15.1 Å². The second-order valence-electron chi connectivity index (χ2n) is 12.1. The van der Waals surface area contributed by atoms with E-state index in [0.717, 1.165) is 79.3 Å². The van der Waals surface area contributed by atoms with Crippen LogP contribution in [0, 0.1) is 11.8 Å². The summed E-state index contributed by atoms with van der Waals surface area (Å²) in [6, 6.07) is 20.7. The molecule has 2 aromatic carbocycles. The van der Waals surface area contributed by atoms with E-state index in [1.54, 1.807) is 0 Å². The lowest BCUT2D eigenvalue weighted by atomic mass is 9.72. The minimum absolute atomic E-state index is 0.0370. The largest absolute Gasteiger partial charge is 0.343 e. The first-order valence-electron chi connectivity index (χ1n) is 14.8. The Hall–Kier alpha value is -3.58. The summed E-state index contributed by atoms with van der Waals surface area (Å²) < 4.78 is 0. The number of benzene rings is 2. The molecule has 40 heavy (non-hydrogen) atoms. The summed E-state index contributed by atoms with van der Waals surface area (Å²) in [7, 11) is 1.95. The summed E-state index contributed by atoms with van der Waals surface area (Å²) in [6.45, 7) is 0. The maximum atomic E-state index is 13.0. The van der Waals surface area contributed by atoms with Crippen molar-refractivity contribution in [3.63, 3.8) is 0 Å². The lowest BCUT2D eigenvalue weighted by Crippen LogP contribution is -2.43. The van der Waals surface area contributed by atoms with Gasteiger partial charge in [0.15, 0.2) is 5.82 Å². The van der Waals surface area contributed by atoms with Gasteiger partial charge in [0.05, 0.1) is 0 Å². The zero-order valence-corrected chi connectivity index (χ0v) is 23.3. The Kier molecular flexibility index (Phi) is 7.41. The van der Waals surface area contributed by atoms with Gasteiger partial charge >= 0.3 is 0 Å². The van der Waals surface area contributed by atoms with Crippen LogP contribution < -0.4 is 11.1 Å². The number of carbonyl (C=O) groups is 2. The van der Waals surface area contributed by atoms with E-state index in [2.05, 4.69) is 39.8 Å². The number of nitrogens with one attached hydrogen (secondary N) is 1. The zero-order valence-electron chi connectivity index (χ0n) is 23.3. The van der Waals surface area contributed by atoms with E-state index in [9.17, 15) is 9.59 Å². The highest BCUT2D eigenvalue weighted by Gasteiger charge is 2.36. The Labute approximate surface area is 236 Å². The topological polar surface area (TPSA) is 101 Å². The summed E-state index contributed by atoms with van der Waals surface area (Å²) in [5.41, 5.74) is 11.2. The van der Waals surface area contributed by atoms with E-state index in [4.69, 9.17) is 5.73 Å². The molecule has 3 aromatic rings. The van der Waals surface area contributed by atoms with E-state index in [-0.39, 0.29) is 17.4 Å². The monoisotopic (exact) mass is 537 g/mol. The standard InChI is InChI=1S/C33H39N5O2/c1-38(32(40)25-10-11-25)27-16-8-22(9-17-27)20-30(39)35-29-21-28(23-6-3-2-4-7-23)31(37-36-29)24-12-14-26(15-13-24)33(34)18-5-19-33/h2-4,6-7,12-15,21-22,25,27H,5,8-11,16-20,34H2,1H3,(H,35,36,39)/t22-,27-. The third-order valence-corrected chi connectivity index (χ3v) is 9.24. The molecular weight excluding hydrogens is 498 g/mol. The Morgan fingerprint density at radius 1 is 0.925 bits per heavy atom. The molecule has 2 amide bonds. The van der Waals surface area contributed by atoms with Gasteiger partial charge in [-0.25, -0.2) is 0 Å². The van der Waals surface area contributed by atoms with Crippen molar-refractivity contribution < 1.29 is 9.59 Å². The number of amides is 2. The quantitative estimate of drug-likeness (QED) is 0.372. The number of rotatable bonds is 8. The molecule has 6 rings (SSSR count). The average molecular weight is 538 g/mol. The van der Waals surface area contributed by atoms with Crippen LogP contribution in [0.25, 0.3) is 22.4 Å². The lowest BCUT2D eigenvalue weighted by Gasteiger charge is -2.38. The summed E-state index contributed by atoms with van der Waals surface area (Å²) in [6.07, 6.45) is 9.59. The summed E-state index contributed by atoms with van der Waals surface area (Å²) in [4.78, 5) is 27.4. The minimum Gasteiger partial charge on any atom is -0.343 e. The van der Waals surface area contributed by atoms with Crippen molar-refractivity contribution in [2.24, 2.45) is 17.6 Å². The van der Waals surface area contributed by atoms with Crippen LogP contribution in [0.1, 0.15) is 69.8 Å². The Morgan fingerprint density at radius 2 is 1.62 bits per heavy atom. The molecule has 3 aliphatic carbocycles. The normalized spacial score (nSPS) is 21.8. The SMILES string of the molecule is CN(C(=O)C1CC1)[C@H]1CC[C@H](CC(=O)Nc2cc(-c3ccccc3)c(-c3ccc(C4(N)CCC4)cc3)nn2)CC1. The first kappa shape index (κ1) is 26.6. The average Bonchev–Trinajstić information content (AvgIpc) is 3.82. The lowest BCUT2D eigenvalue weighted by molar-refractivity contribution is -0.134. The molecule has 7 nitrogen and oxygen atoms in total. The second kappa shape index (κ2) is 11.1. The highest BCUT2D eigenvalue weighted by atomic mass is 16.2. The highest BCUT2D eigenvalue weighted by molar-refractivity contribution is 5.91. The van der Waals surface area contributed by atoms with Crippen molar-refractivity contribution >= 4 is 17.6 Å². The van der Waals surface area contributed by atoms with Gasteiger partial charge in [-0.05, 0) is 80.9 Å². The van der Waals surface area contributed by atoms with Gasteiger partial charge in [-0.1, -0.05) is 54.6 Å². The molecule has 0 atom stereocenters. The van der Waals surface area contributed by atoms with Crippen molar-refractivity contribution in [2.75, 3.05) is 12.4 Å². The van der Waals surface area contributed by atoms with Crippen molar-refractivity contribution in [1.82, 2.24) is 15.1 Å². The maximum Gasteiger partial charge on any atom is 0.225 e. The van der Waals surface area contributed by atoms with Crippen molar-refractivity contribution in [3.05, 3.63) is 66.2 Å². The Bertz CT molecular complexity index is 1360. The molecule has 3 saturated carbocycles. The summed E-state index contributed by atoms with van der Waals surface area (Å²) in [5.74, 6) is 1.30. The van der Waals surface area contributed by atoms with Crippen LogP contribution in [-0.4, -0.2) is 40.0 Å². The van der Waals surface area contributed by atoms with Crippen molar-refractivity contribution in [2.45, 2.75) is 75.8 Å². The molecule has 3 N–H and O–H groups in total. The minimum atomic E-state index is -0.205. The number of hydrogen-bond acceptors (Lipinski definition) is 5. The van der Waals surface area contributed by atoms with Crippen LogP contribution in [0.2, 0.25) is 0 Å². The predicted molar refractivity (Wildman–Crippen MR) is 157 cm³/mol. The van der Waals surface area contributed by atoms with Crippen molar-refractivity contribution in [1.29, 1.82) is 0 Å².